The van der Waals surface area contributed by atoms with Crippen molar-refractivity contribution in [3.8, 4) is 22.4 Å². The maximum absolute atomic E-state index is 5.66. The van der Waals surface area contributed by atoms with E-state index in [4.69, 9.17) is 5.73 Å². The zero-order chi connectivity index (χ0) is 13.1. The molecule has 0 aliphatic heterocycles. The highest BCUT2D eigenvalue weighted by atomic mass is 14.7. The van der Waals surface area contributed by atoms with Crippen LogP contribution in [0.15, 0.2) is 72.9 Å². The summed E-state index contributed by atoms with van der Waals surface area (Å²) in [5.74, 6) is 0. The second-order valence-electron chi connectivity index (χ2n) is 4.42. The highest BCUT2D eigenvalue weighted by Gasteiger charge is 2.02. The van der Waals surface area contributed by atoms with Gasteiger partial charge in [-0.15, -0.1) is 0 Å². The Morgan fingerprint density at radius 1 is 0.684 bits per heavy atom. The molecular formula is C17H14N2. The third kappa shape index (κ3) is 2.47. The highest BCUT2D eigenvalue weighted by Crippen LogP contribution is 2.25. The molecule has 0 atom stereocenters. The van der Waals surface area contributed by atoms with Gasteiger partial charge in [-0.25, -0.2) is 0 Å². The number of nitrogen functional groups attached to an aromatic ring is 1. The first-order valence-electron chi connectivity index (χ1n) is 6.20. The molecule has 0 aliphatic carbocycles. The lowest BCUT2D eigenvalue weighted by molar-refractivity contribution is 1.33. The topological polar surface area (TPSA) is 38.9 Å². The van der Waals surface area contributed by atoms with E-state index in [0.29, 0.717) is 5.69 Å². The molecule has 2 aromatic carbocycles. The van der Waals surface area contributed by atoms with Crippen LogP contribution in [0.3, 0.4) is 0 Å². The fraction of sp³-hybridized carbons (Fsp3) is 0. The van der Waals surface area contributed by atoms with Crippen molar-refractivity contribution in [1.29, 1.82) is 0 Å². The minimum Gasteiger partial charge on any atom is -0.397 e. The Kier molecular flexibility index (Phi) is 2.99. The number of nitrogens with two attached hydrogens (primary N) is 1. The van der Waals surface area contributed by atoms with E-state index in [9.17, 15) is 0 Å². The van der Waals surface area contributed by atoms with Crippen LogP contribution in [0, 0.1) is 0 Å². The summed E-state index contributed by atoms with van der Waals surface area (Å²) in [6.07, 6.45) is 1.69. The molecule has 3 aromatic rings. The fourth-order valence-electron chi connectivity index (χ4n) is 2.06. The summed E-state index contributed by atoms with van der Waals surface area (Å²) < 4.78 is 0. The summed E-state index contributed by atoms with van der Waals surface area (Å²) in [6.45, 7) is 0. The molecule has 2 N–H and O–H groups in total. The molecule has 0 unspecified atom stereocenters. The van der Waals surface area contributed by atoms with Crippen LogP contribution in [0.25, 0.3) is 22.4 Å². The Hall–Kier alpha value is -2.61. The van der Waals surface area contributed by atoms with Crippen molar-refractivity contribution in [3.05, 3.63) is 72.9 Å². The normalized spacial score (nSPS) is 10.3. The third-order valence-electron chi connectivity index (χ3n) is 3.05. The molecule has 0 fully saturated rings. The number of benzene rings is 2. The monoisotopic (exact) mass is 246 g/mol. The Morgan fingerprint density at radius 3 is 2.16 bits per heavy atom. The summed E-state index contributed by atoms with van der Waals surface area (Å²) in [5, 5.41) is 0. The van der Waals surface area contributed by atoms with Gasteiger partial charge in [0.1, 0.15) is 0 Å². The summed E-state index contributed by atoms with van der Waals surface area (Å²) >= 11 is 0. The van der Waals surface area contributed by atoms with Crippen molar-refractivity contribution in [1.82, 2.24) is 4.98 Å². The smallest absolute Gasteiger partial charge is 0.0703 e. The first-order chi connectivity index (χ1) is 9.33. The van der Waals surface area contributed by atoms with Crippen molar-refractivity contribution in [2.24, 2.45) is 0 Å². The van der Waals surface area contributed by atoms with Gasteiger partial charge in [0.25, 0.3) is 0 Å². The zero-order valence-electron chi connectivity index (χ0n) is 10.5. The summed E-state index contributed by atoms with van der Waals surface area (Å²) in [7, 11) is 0. The van der Waals surface area contributed by atoms with Crippen molar-refractivity contribution < 1.29 is 0 Å². The molecule has 2 nitrogen and oxygen atoms in total. The number of pyridine rings is 1. The minimum atomic E-state index is 0.683. The lowest BCUT2D eigenvalue weighted by atomic mass is 10.0. The van der Waals surface area contributed by atoms with Gasteiger partial charge in [-0.3, -0.25) is 4.98 Å². The highest BCUT2D eigenvalue weighted by molar-refractivity contribution is 5.71. The van der Waals surface area contributed by atoms with Crippen LogP contribution in [0.1, 0.15) is 0 Å². The Morgan fingerprint density at radius 2 is 1.42 bits per heavy atom. The molecule has 3 rings (SSSR count). The quantitative estimate of drug-likeness (QED) is 0.742. The molecule has 0 spiro atoms. The number of nitrogens with zero attached hydrogens (tertiary/aromatic N) is 1. The van der Waals surface area contributed by atoms with E-state index in [0.717, 1.165) is 11.3 Å². The van der Waals surface area contributed by atoms with Gasteiger partial charge in [0.2, 0.25) is 0 Å². The van der Waals surface area contributed by atoms with Crippen LogP contribution in [0.5, 0.6) is 0 Å². The Bertz CT molecular complexity index is 673. The van der Waals surface area contributed by atoms with Crippen molar-refractivity contribution in [3.63, 3.8) is 0 Å². The van der Waals surface area contributed by atoms with E-state index in [1.54, 1.807) is 6.20 Å². The molecule has 0 bridgehead atoms. The average molecular weight is 246 g/mol. The van der Waals surface area contributed by atoms with Gasteiger partial charge in [-0.1, -0.05) is 48.5 Å². The number of rotatable bonds is 2. The molecule has 1 aromatic heterocycles. The maximum atomic E-state index is 5.66. The molecule has 2 heteroatoms. The van der Waals surface area contributed by atoms with E-state index in [2.05, 4.69) is 41.4 Å². The van der Waals surface area contributed by atoms with Crippen LogP contribution in [-0.2, 0) is 0 Å². The molecule has 19 heavy (non-hydrogen) atoms. The number of aromatic nitrogens is 1. The number of hydrogen-bond donors (Lipinski definition) is 1. The van der Waals surface area contributed by atoms with Crippen LogP contribution in [0.4, 0.5) is 5.69 Å². The molecular weight excluding hydrogens is 232 g/mol. The average Bonchev–Trinajstić information content (AvgIpc) is 2.49. The van der Waals surface area contributed by atoms with E-state index >= 15 is 0 Å². The summed E-state index contributed by atoms with van der Waals surface area (Å²) in [4.78, 5) is 4.36. The van der Waals surface area contributed by atoms with E-state index in [1.165, 1.54) is 11.1 Å². The maximum Gasteiger partial charge on any atom is 0.0703 e. The standard InChI is InChI=1S/C17H14N2/c18-16-9-10-17(19-12-16)15-8-4-7-14(11-15)13-5-2-1-3-6-13/h1-12H,18H2. The lowest BCUT2D eigenvalue weighted by Crippen LogP contribution is -1.88. The van der Waals surface area contributed by atoms with Crippen molar-refractivity contribution >= 4 is 5.69 Å². The Balaban J connectivity index is 2.03. The van der Waals surface area contributed by atoms with Gasteiger partial charge in [-0.05, 0) is 29.3 Å². The first kappa shape index (κ1) is 11.5. The SMILES string of the molecule is Nc1ccc(-c2cccc(-c3ccccc3)c2)nc1. The molecule has 0 amide bonds. The minimum absolute atomic E-state index is 0.683. The van der Waals surface area contributed by atoms with E-state index in [1.807, 2.05) is 30.3 Å². The van der Waals surface area contributed by atoms with Gasteiger partial charge in [0.15, 0.2) is 0 Å². The number of anilines is 1. The van der Waals surface area contributed by atoms with Crippen molar-refractivity contribution in [2.45, 2.75) is 0 Å². The summed E-state index contributed by atoms with van der Waals surface area (Å²) in [6, 6.07) is 22.5. The van der Waals surface area contributed by atoms with Crippen LogP contribution >= 0.6 is 0 Å². The summed E-state index contributed by atoms with van der Waals surface area (Å²) in [5.41, 5.74) is 10.8. The first-order valence-corrected chi connectivity index (χ1v) is 6.20. The van der Waals surface area contributed by atoms with Gasteiger partial charge in [0, 0.05) is 5.56 Å². The Labute approximate surface area is 112 Å². The predicted molar refractivity (Wildman–Crippen MR) is 79.5 cm³/mol. The zero-order valence-corrected chi connectivity index (χ0v) is 10.5. The molecule has 0 saturated carbocycles. The van der Waals surface area contributed by atoms with Gasteiger partial charge < -0.3 is 5.73 Å². The molecule has 0 radical (unpaired) electrons. The van der Waals surface area contributed by atoms with Crippen LogP contribution < -0.4 is 5.73 Å². The van der Waals surface area contributed by atoms with E-state index in [-0.39, 0.29) is 0 Å². The molecule has 0 saturated heterocycles. The van der Waals surface area contributed by atoms with Crippen molar-refractivity contribution in [2.75, 3.05) is 5.73 Å². The number of hydrogen-bond acceptors (Lipinski definition) is 2. The van der Waals surface area contributed by atoms with Gasteiger partial charge in [-0.2, -0.15) is 0 Å². The molecule has 1 heterocycles. The third-order valence-corrected chi connectivity index (χ3v) is 3.05. The van der Waals surface area contributed by atoms with E-state index < -0.39 is 0 Å². The fourth-order valence-corrected chi connectivity index (χ4v) is 2.06. The molecule has 0 aliphatic rings. The second-order valence-corrected chi connectivity index (χ2v) is 4.42. The largest absolute Gasteiger partial charge is 0.397 e. The van der Waals surface area contributed by atoms with Gasteiger partial charge >= 0.3 is 0 Å². The predicted octanol–water partition coefficient (Wildman–Crippen LogP) is 4.00. The second kappa shape index (κ2) is 4.94. The van der Waals surface area contributed by atoms with Gasteiger partial charge in [0.05, 0.1) is 17.6 Å². The lowest BCUT2D eigenvalue weighted by Gasteiger charge is -2.05. The van der Waals surface area contributed by atoms with Crippen LogP contribution in [-0.4, -0.2) is 4.98 Å². The molecule has 92 valence electrons. The van der Waals surface area contributed by atoms with Crippen LogP contribution in [0.2, 0.25) is 0 Å².